The molecule has 3 rings (SSSR count). The van der Waals surface area contributed by atoms with E-state index in [0.717, 1.165) is 23.3 Å². The molecule has 0 saturated heterocycles. The fourth-order valence-electron chi connectivity index (χ4n) is 3.20. The van der Waals surface area contributed by atoms with Crippen LogP contribution in [0.3, 0.4) is 0 Å². The van der Waals surface area contributed by atoms with Gasteiger partial charge in [-0.25, -0.2) is 0 Å². The van der Waals surface area contributed by atoms with Crippen molar-refractivity contribution < 1.29 is 32.5 Å². The van der Waals surface area contributed by atoms with E-state index in [1.54, 1.807) is 42.5 Å². The second kappa shape index (κ2) is 10.0. The summed E-state index contributed by atoms with van der Waals surface area (Å²) in [6.07, 6.45) is -1.07. The number of rotatable bonds is 8. The number of para-hydroxylation sites is 1. The van der Waals surface area contributed by atoms with Crippen molar-refractivity contribution in [2.45, 2.75) is 12.6 Å². The molecule has 3 aromatic rings. The van der Waals surface area contributed by atoms with Crippen LogP contribution < -0.4 is 9.47 Å². The predicted octanol–water partition coefficient (Wildman–Crippen LogP) is 6.10. The Hall–Kier alpha value is -3.74. The quantitative estimate of drug-likeness (QED) is 0.458. The number of benzene rings is 3. The summed E-state index contributed by atoms with van der Waals surface area (Å²) in [4.78, 5) is 11.0. The fourth-order valence-corrected chi connectivity index (χ4v) is 3.20. The molecule has 1 N–H and O–H groups in total. The van der Waals surface area contributed by atoms with E-state index in [1.807, 2.05) is 12.1 Å². The van der Waals surface area contributed by atoms with E-state index >= 15 is 0 Å². The number of halogens is 3. The maximum Gasteiger partial charge on any atom is 0.416 e. The van der Waals surface area contributed by atoms with Crippen molar-refractivity contribution in [1.82, 2.24) is 0 Å². The molecule has 0 heterocycles. The highest BCUT2D eigenvalue weighted by atomic mass is 19.4. The van der Waals surface area contributed by atoms with Gasteiger partial charge in [0.05, 0.1) is 19.1 Å². The van der Waals surface area contributed by atoms with Gasteiger partial charge in [-0.1, -0.05) is 54.6 Å². The maximum absolute atomic E-state index is 12.6. The third-order valence-electron chi connectivity index (χ3n) is 4.66. The molecule has 32 heavy (non-hydrogen) atoms. The molecule has 0 unspecified atom stereocenters. The summed E-state index contributed by atoms with van der Waals surface area (Å²) in [7, 11) is 1.52. The molecule has 166 valence electrons. The molecule has 0 aromatic heterocycles. The number of hydrogen-bond donors (Lipinski definition) is 1. The highest BCUT2D eigenvalue weighted by Crippen LogP contribution is 2.38. The second-order valence-electron chi connectivity index (χ2n) is 6.94. The Morgan fingerprint density at radius 3 is 2.41 bits per heavy atom. The maximum atomic E-state index is 12.6. The number of aliphatic carboxylic acids is 1. The van der Waals surface area contributed by atoms with Gasteiger partial charge in [-0.15, -0.1) is 0 Å². The third kappa shape index (κ3) is 5.91. The molecule has 0 amide bonds. The highest BCUT2D eigenvalue weighted by molar-refractivity contribution is 5.76. The van der Waals surface area contributed by atoms with Crippen molar-refractivity contribution >= 4 is 12.0 Å². The molecule has 0 aliphatic carbocycles. The van der Waals surface area contributed by atoms with Crippen molar-refractivity contribution in [1.29, 1.82) is 0 Å². The number of carbonyl (C=O) groups is 1. The summed E-state index contributed by atoms with van der Waals surface area (Å²) in [5, 5.41) is 9.02. The summed E-state index contributed by atoms with van der Waals surface area (Å²) in [6, 6.07) is 17.4. The lowest BCUT2D eigenvalue weighted by atomic mass is 10.0. The first-order chi connectivity index (χ1) is 15.3. The topological polar surface area (TPSA) is 55.8 Å². The minimum absolute atomic E-state index is 0.0823. The third-order valence-corrected chi connectivity index (χ3v) is 4.66. The summed E-state index contributed by atoms with van der Waals surface area (Å²) < 4.78 is 49.3. The van der Waals surface area contributed by atoms with Crippen molar-refractivity contribution in [3.05, 3.63) is 89.5 Å². The van der Waals surface area contributed by atoms with Crippen molar-refractivity contribution in [2.75, 3.05) is 13.7 Å². The number of methoxy groups -OCH3 is 1. The normalized spacial score (nSPS) is 11.5. The summed E-state index contributed by atoms with van der Waals surface area (Å²) in [6.45, 7) is 0.180. The molecule has 3 aromatic carbocycles. The van der Waals surface area contributed by atoms with E-state index in [9.17, 15) is 18.0 Å². The molecule has 0 saturated carbocycles. The first-order valence-electron chi connectivity index (χ1n) is 9.72. The Balaban J connectivity index is 1.73. The number of ether oxygens (including phenoxy) is 2. The van der Waals surface area contributed by atoms with Crippen LogP contribution in [-0.2, 0) is 17.4 Å². The molecule has 0 spiro atoms. The Bertz CT molecular complexity index is 1100. The lowest BCUT2D eigenvalue weighted by Gasteiger charge is -2.14. The van der Waals surface area contributed by atoms with Crippen LogP contribution in [0.1, 0.15) is 16.7 Å². The van der Waals surface area contributed by atoms with E-state index in [0.29, 0.717) is 22.6 Å². The van der Waals surface area contributed by atoms with Crippen LogP contribution in [0.5, 0.6) is 11.5 Å². The zero-order valence-electron chi connectivity index (χ0n) is 17.2. The minimum Gasteiger partial charge on any atom is -0.492 e. The van der Waals surface area contributed by atoms with E-state index in [4.69, 9.17) is 14.6 Å². The lowest BCUT2D eigenvalue weighted by Crippen LogP contribution is -2.04. The first-order valence-corrected chi connectivity index (χ1v) is 9.72. The standard InChI is InChI=1S/C25H21F3O4/c1-31-24-21(19-7-2-5-18(15-19)16-23(29)30)8-3-9-22(24)32-14-4-6-17-10-12-20(13-11-17)25(26,27)28/h2-13,15H,14,16H2,1H3,(H,29,30)/b6-4+. The van der Waals surface area contributed by atoms with Crippen LogP contribution in [0.15, 0.2) is 72.8 Å². The van der Waals surface area contributed by atoms with Crippen LogP contribution >= 0.6 is 0 Å². The molecule has 0 aliphatic heterocycles. The average Bonchev–Trinajstić information content (AvgIpc) is 2.76. The summed E-state index contributed by atoms with van der Waals surface area (Å²) in [5.41, 5.74) is 2.15. The molecule has 7 heteroatoms. The van der Waals surface area contributed by atoms with Gasteiger partial charge < -0.3 is 14.6 Å². The van der Waals surface area contributed by atoms with Crippen LogP contribution in [0, 0.1) is 0 Å². The summed E-state index contributed by atoms with van der Waals surface area (Å²) >= 11 is 0. The van der Waals surface area contributed by atoms with Crippen LogP contribution in [0.2, 0.25) is 0 Å². The smallest absolute Gasteiger partial charge is 0.416 e. The second-order valence-corrected chi connectivity index (χ2v) is 6.94. The van der Waals surface area contributed by atoms with Gasteiger partial charge in [0.2, 0.25) is 0 Å². The number of carboxylic acids is 1. The largest absolute Gasteiger partial charge is 0.492 e. The van der Waals surface area contributed by atoms with Gasteiger partial charge in [0.25, 0.3) is 0 Å². The van der Waals surface area contributed by atoms with Crippen LogP contribution in [-0.4, -0.2) is 24.8 Å². The van der Waals surface area contributed by atoms with Crippen molar-refractivity contribution in [2.24, 2.45) is 0 Å². The van der Waals surface area contributed by atoms with Crippen LogP contribution in [0.25, 0.3) is 17.2 Å². The molecule has 0 radical (unpaired) electrons. The Labute approximate surface area is 183 Å². The van der Waals surface area contributed by atoms with Crippen molar-refractivity contribution in [3.8, 4) is 22.6 Å². The monoisotopic (exact) mass is 442 g/mol. The van der Waals surface area contributed by atoms with Gasteiger partial charge in [-0.3, -0.25) is 4.79 Å². The van der Waals surface area contributed by atoms with Gasteiger partial charge in [-0.05, 0) is 41.0 Å². The Morgan fingerprint density at radius 1 is 1.03 bits per heavy atom. The molecule has 0 bridgehead atoms. The number of alkyl halides is 3. The number of carboxylic acid groups (broad SMARTS) is 1. The minimum atomic E-state index is -4.36. The Kier molecular flexibility index (Phi) is 7.20. The van der Waals surface area contributed by atoms with E-state index < -0.39 is 17.7 Å². The zero-order chi connectivity index (χ0) is 23.1. The fraction of sp³-hybridized carbons (Fsp3) is 0.160. The molecule has 0 atom stereocenters. The number of hydrogen-bond acceptors (Lipinski definition) is 3. The highest BCUT2D eigenvalue weighted by Gasteiger charge is 2.29. The summed E-state index contributed by atoms with van der Waals surface area (Å²) in [5.74, 6) is 0.0830. The molecule has 0 aliphatic rings. The van der Waals surface area contributed by atoms with E-state index in [2.05, 4.69) is 0 Å². The predicted molar refractivity (Wildman–Crippen MR) is 116 cm³/mol. The first kappa shape index (κ1) is 22.9. The molecule has 4 nitrogen and oxygen atoms in total. The van der Waals surface area contributed by atoms with Gasteiger partial charge in [0, 0.05) is 5.56 Å². The SMILES string of the molecule is COc1c(OC/C=C/c2ccc(C(F)(F)F)cc2)cccc1-c1cccc(CC(=O)O)c1. The van der Waals surface area contributed by atoms with Gasteiger partial charge >= 0.3 is 12.1 Å². The zero-order valence-corrected chi connectivity index (χ0v) is 17.2. The molecular formula is C25H21F3O4. The van der Waals surface area contributed by atoms with Crippen LogP contribution in [0.4, 0.5) is 13.2 Å². The van der Waals surface area contributed by atoms with Gasteiger partial charge in [-0.2, -0.15) is 13.2 Å². The van der Waals surface area contributed by atoms with E-state index in [-0.39, 0.29) is 13.0 Å². The average molecular weight is 442 g/mol. The molecule has 0 fully saturated rings. The van der Waals surface area contributed by atoms with E-state index in [1.165, 1.54) is 19.2 Å². The van der Waals surface area contributed by atoms with Gasteiger partial charge in [0.15, 0.2) is 11.5 Å². The molecular weight excluding hydrogens is 421 g/mol. The lowest BCUT2D eigenvalue weighted by molar-refractivity contribution is -0.138. The van der Waals surface area contributed by atoms with Gasteiger partial charge in [0.1, 0.15) is 6.61 Å². The van der Waals surface area contributed by atoms with Crippen molar-refractivity contribution in [3.63, 3.8) is 0 Å². The Morgan fingerprint density at radius 2 is 1.75 bits per heavy atom.